The van der Waals surface area contributed by atoms with Crippen LogP contribution < -0.4 is 0 Å². The van der Waals surface area contributed by atoms with E-state index in [1.165, 1.54) is 0 Å². The zero-order valence-electron chi connectivity index (χ0n) is 6.18. The Morgan fingerprint density at radius 1 is 1.56 bits per heavy atom. The zero-order valence-corrected chi connectivity index (χ0v) is 6.99. The molecular weight excluding hydrogens is 134 g/mol. The lowest BCUT2D eigenvalue weighted by Crippen LogP contribution is -2.16. The summed E-state index contributed by atoms with van der Waals surface area (Å²) in [6, 6.07) is 0. The molecule has 9 heavy (non-hydrogen) atoms. The van der Waals surface area contributed by atoms with Crippen molar-refractivity contribution in [1.29, 1.82) is 0 Å². The molecule has 0 saturated heterocycles. The molecule has 0 fully saturated rings. The van der Waals surface area contributed by atoms with Gasteiger partial charge >= 0.3 is 0 Å². The summed E-state index contributed by atoms with van der Waals surface area (Å²) >= 11 is 4.87. The summed E-state index contributed by atoms with van der Waals surface area (Å²) in [5.74, 6) is 0. The minimum atomic E-state index is 0.669. The van der Waals surface area contributed by atoms with Crippen molar-refractivity contribution < 1.29 is 4.84 Å². The number of hydrogen-bond acceptors (Lipinski definition) is 3. The van der Waals surface area contributed by atoms with Crippen LogP contribution in [0.5, 0.6) is 0 Å². The van der Waals surface area contributed by atoms with Gasteiger partial charge in [0.15, 0.2) is 5.05 Å². The molecule has 0 radical (unpaired) electrons. The second-order valence-electron chi connectivity index (χ2n) is 2.03. The van der Waals surface area contributed by atoms with Crippen molar-refractivity contribution in [1.82, 2.24) is 5.06 Å². The summed E-state index contributed by atoms with van der Waals surface area (Å²) in [4.78, 5) is 5.06. The van der Waals surface area contributed by atoms with Crippen molar-refractivity contribution in [3.05, 3.63) is 0 Å². The number of rotatable bonds is 3. The van der Waals surface area contributed by atoms with Crippen LogP contribution in [0, 0.1) is 0 Å². The Hall–Kier alpha value is -0.150. The summed E-state index contributed by atoms with van der Waals surface area (Å²) in [6.07, 6.45) is 1.92. The van der Waals surface area contributed by atoms with Crippen molar-refractivity contribution in [2.24, 2.45) is 0 Å². The van der Waals surface area contributed by atoms with Gasteiger partial charge in [-0.1, -0.05) is 6.92 Å². The molecule has 0 N–H and O–H groups in total. The summed E-state index contributed by atoms with van der Waals surface area (Å²) in [5, 5.41) is 2.28. The highest BCUT2D eigenvalue weighted by atomic mass is 32.1. The summed E-state index contributed by atoms with van der Waals surface area (Å²) in [6.45, 7) is 2.07. The van der Waals surface area contributed by atoms with E-state index >= 15 is 0 Å². The number of hydrogen-bond donors (Lipinski definition) is 0. The molecule has 0 atom stereocenters. The van der Waals surface area contributed by atoms with E-state index in [1.807, 2.05) is 14.1 Å². The maximum absolute atomic E-state index is 5.06. The molecule has 0 aromatic carbocycles. The van der Waals surface area contributed by atoms with Crippen molar-refractivity contribution >= 4 is 17.3 Å². The fourth-order valence-electron chi connectivity index (χ4n) is 0.453. The molecular formula is C6H13NOS. The summed E-state index contributed by atoms with van der Waals surface area (Å²) in [7, 11) is 3.64. The van der Waals surface area contributed by atoms with Crippen LogP contribution in [0.4, 0.5) is 0 Å². The van der Waals surface area contributed by atoms with E-state index < -0.39 is 0 Å². The van der Waals surface area contributed by atoms with Gasteiger partial charge in [-0.25, -0.2) is 0 Å². The van der Waals surface area contributed by atoms with Crippen molar-refractivity contribution in [2.75, 3.05) is 14.1 Å². The zero-order chi connectivity index (χ0) is 7.28. The van der Waals surface area contributed by atoms with Gasteiger partial charge in [-0.05, 0) is 18.6 Å². The maximum Gasteiger partial charge on any atom is 0.187 e. The Balaban J connectivity index is 3.27. The van der Waals surface area contributed by atoms with E-state index in [1.54, 1.807) is 5.06 Å². The molecule has 0 aliphatic heterocycles. The standard InChI is InChI=1S/C6H13NOS/c1-4-5-6(9)8-7(2)3/h4-5H2,1-3H3. The molecule has 0 saturated carbocycles. The van der Waals surface area contributed by atoms with Gasteiger partial charge in [0.25, 0.3) is 0 Å². The Bertz CT molecular complexity index is 93.1. The van der Waals surface area contributed by atoms with Crippen LogP contribution in [0.15, 0.2) is 0 Å². The van der Waals surface area contributed by atoms with Gasteiger partial charge in [-0.2, -0.15) is 0 Å². The van der Waals surface area contributed by atoms with Gasteiger partial charge in [0.1, 0.15) is 0 Å². The molecule has 0 bridgehead atoms. The van der Waals surface area contributed by atoms with Gasteiger partial charge in [0.2, 0.25) is 0 Å². The molecule has 0 aliphatic rings. The minimum Gasteiger partial charge on any atom is -0.399 e. The third-order valence-electron chi connectivity index (χ3n) is 0.739. The van der Waals surface area contributed by atoms with Crippen LogP contribution in [0.3, 0.4) is 0 Å². The number of hydroxylamine groups is 2. The SMILES string of the molecule is CCCC(=S)ON(C)C. The molecule has 0 aromatic rings. The fraction of sp³-hybridized carbons (Fsp3) is 0.833. The van der Waals surface area contributed by atoms with Crippen LogP contribution in [0.1, 0.15) is 19.8 Å². The summed E-state index contributed by atoms with van der Waals surface area (Å²) < 4.78 is 0. The normalized spacial score (nSPS) is 9.78. The Morgan fingerprint density at radius 2 is 2.11 bits per heavy atom. The second kappa shape index (κ2) is 4.70. The third kappa shape index (κ3) is 5.73. The van der Waals surface area contributed by atoms with Crippen LogP contribution in [-0.4, -0.2) is 24.2 Å². The van der Waals surface area contributed by atoms with Crippen LogP contribution in [0.2, 0.25) is 0 Å². The molecule has 0 spiro atoms. The smallest absolute Gasteiger partial charge is 0.187 e. The molecule has 0 unspecified atom stereocenters. The quantitative estimate of drug-likeness (QED) is 0.444. The molecule has 2 nitrogen and oxygen atoms in total. The Morgan fingerprint density at radius 3 is 2.44 bits per heavy atom. The largest absolute Gasteiger partial charge is 0.399 e. The predicted molar refractivity (Wildman–Crippen MR) is 42.3 cm³/mol. The fourth-order valence-corrected chi connectivity index (χ4v) is 0.807. The van der Waals surface area contributed by atoms with Crippen molar-refractivity contribution in [3.8, 4) is 0 Å². The lowest BCUT2D eigenvalue weighted by molar-refractivity contribution is -0.0179. The first kappa shape index (κ1) is 8.85. The van der Waals surface area contributed by atoms with Crippen LogP contribution >= 0.6 is 12.2 Å². The van der Waals surface area contributed by atoms with Gasteiger partial charge in [0, 0.05) is 20.5 Å². The number of nitrogens with zero attached hydrogens (tertiary/aromatic N) is 1. The molecule has 0 aliphatic carbocycles. The highest BCUT2D eigenvalue weighted by Gasteiger charge is 1.95. The van der Waals surface area contributed by atoms with E-state index in [9.17, 15) is 0 Å². The number of thiocarbonyl (C=S) groups is 1. The molecule has 54 valence electrons. The first-order valence-corrected chi connectivity index (χ1v) is 3.45. The van der Waals surface area contributed by atoms with Crippen LogP contribution in [-0.2, 0) is 4.84 Å². The van der Waals surface area contributed by atoms with E-state index in [-0.39, 0.29) is 0 Å². The Kier molecular flexibility index (Phi) is 4.62. The minimum absolute atomic E-state index is 0.669. The van der Waals surface area contributed by atoms with Gasteiger partial charge < -0.3 is 4.84 Å². The van der Waals surface area contributed by atoms with Gasteiger partial charge in [-0.3, -0.25) is 0 Å². The average molecular weight is 147 g/mol. The van der Waals surface area contributed by atoms with E-state index in [4.69, 9.17) is 17.1 Å². The van der Waals surface area contributed by atoms with Crippen molar-refractivity contribution in [2.45, 2.75) is 19.8 Å². The predicted octanol–water partition coefficient (Wildman–Crippen LogP) is 1.61. The third-order valence-corrected chi connectivity index (χ3v) is 1.02. The van der Waals surface area contributed by atoms with Crippen molar-refractivity contribution in [3.63, 3.8) is 0 Å². The topological polar surface area (TPSA) is 12.5 Å². The highest BCUT2D eigenvalue weighted by Crippen LogP contribution is 1.94. The van der Waals surface area contributed by atoms with E-state index in [2.05, 4.69) is 6.92 Å². The molecule has 0 amide bonds. The lowest BCUT2D eigenvalue weighted by Gasteiger charge is -2.11. The first-order chi connectivity index (χ1) is 4.16. The molecule has 0 heterocycles. The maximum atomic E-state index is 5.06. The summed E-state index contributed by atoms with van der Waals surface area (Å²) in [5.41, 5.74) is 0. The average Bonchev–Trinajstić information content (AvgIpc) is 1.63. The monoisotopic (exact) mass is 147 g/mol. The van der Waals surface area contributed by atoms with E-state index in [0.29, 0.717) is 5.05 Å². The first-order valence-electron chi connectivity index (χ1n) is 3.05. The highest BCUT2D eigenvalue weighted by molar-refractivity contribution is 7.80. The second-order valence-corrected chi connectivity index (χ2v) is 2.48. The van der Waals surface area contributed by atoms with E-state index in [0.717, 1.165) is 12.8 Å². The lowest BCUT2D eigenvalue weighted by atomic mass is 10.4. The molecule has 0 aromatic heterocycles. The molecule has 0 rings (SSSR count). The van der Waals surface area contributed by atoms with Crippen LogP contribution in [0.25, 0.3) is 0 Å². The molecule has 3 heteroatoms. The Labute approximate surface area is 61.8 Å². The van der Waals surface area contributed by atoms with Gasteiger partial charge in [0.05, 0.1) is 0 Å². The van der Waals surface area contributed by atoms with Gasteiger partial charge in [-0.15, -0.1) is 5.06 Å².